The van der Waals surface area contributed by atoms with E-state index in [0.717, 1.165) is 36.3 Å². The van der Waals surface area contributed by atoms with Crippen molar-refractivity contribution >= 4 is 5.91 Å². The zero-order valence-corrected chi connectivity index (χ0v) is 12.3. The summed E-state index contributed by atoms with van der Waals surface area (Å²) in [5, 5.41) is 3.04. The highest BCUT2D eigenvalue weighted by Gasteiger charge is 2.26. The molecule has 2 aliphatic rings. The average molecular weight is 290 g/mol. The molecule has 1 fully saturated rings. The van der Waals surface area contributed by atoms with Crippen LogP contribution in [0.4, 0.5) is 0 Å². The van der Waals surface area contributed by atoms with Gasteiger partial charge in [0.05, 0.1) is 6.04 Å². The summed E-state index contributed by atoms with van der Waals surface area (Å²) < 4.78 is 10.7. The van der Waals surface area contributed by atoms with Crippen LogP contribution in [-0.2, 0) is 4.79 Å². The lowest BCUT2D eigenvalue weighted by atomic mass is 9.99. The van der Waals surface area contributed by atoms with Crippen molar-refractivity contribution in [3.05, 3.63) is 23.8 Å². The predicted molar refractivity (Wildman–Crippen MR) is 79.1 cm³/mol. The topological polar surface area (TPSA) is 73.6 Å². The first kappa shape index (κ1) is 14.2. The van der Waals surface area contributed by atoms with E-state index in [4.69, 9.17) is 15.2 Å². The number of fused-ring (bicyclic) bond motifs is 1. The van der Waals surface area contributed by atoms with E-state index in [1.807, 2.05) is 25.1 Å². The van der Waals surface area contributed by atoms with Crippen molar-refractivity contribution in [3.8, 4) is 11.5 Å². The van der Waals surface area contributed by atoms with E-state index in [0.29, 0.717) is 12.3 Å². The average Bonchev–Trinajstić information content (AvgIpc) is 3.07. The fourth-order valence-corrected chi connectivity index (χ4v) is 3.12. The maximum Gasteiger partial charge on any atom is 0.231 e. The molecule has 1 unspecified atom stereocenters. The van der Waals surface area contributed by atoms with Crippen LogP contribution in [0.3, 0.4) is 0 Å². The van der Waals surface area contributed by atoms with Crippen LogP contribution in [0.15, 0.2) is 18.2 Å². The van der Waals surface area contributed by atoms with Crippen molar-refractivity contribution < 1.29 is 14.3 Å². The van der Waals surface area contributed by atoms with Crippen LogP contribution in [0.25, 0.3) is 0 Å². The molecule has 0 spiro atoms. The summed E-state index contributed by atoms with van der Waals surface area (Å²) in [5.74, 6) is 1.90. The molecule has 3 atom stereocenters. The van der Waals surface area contributed by atoms with Crippen molar-refractivity contribution in [1.29, 1.82) is 0 Å². The zero-order valence-electron chi connectivity index (χ0n) is 12.3. The molecule has 0 aromatic heterocycles. The van der Waals surface area contributed by atoms with Gasteiger partial charge in [0.1, 0.15) is 0 Å². The molecule has 0 radical (unpaired) electrons. The van der Waals surface area contributed by atoms with Crippen LogP contribution in [0.2, 0.25) is 0 Å². The van der Waals surface area contributed by atoms with E-state index in [2.05, 4.69) is 5.32 Å². The summed E-state index contributed by atoms with van der Waals surface area (Å²) in [6.45, 7) is 2.24. The number of nitrogens with two attached hydrogens (primary N) is 1. The monoisotopic (exact) mass is 290 g/mol. The van der Waals surface area contributed by atoms with Crippen molar-refractivity contribution in [2.45, 2.75) is 44.7 Å². The molecular weight excluding hydrogens is 268 g/mol. The number of ether oxygens (including phenoxy) is 2. The standard InChI is InChI=1S/C16H22N2O3/c1-10(11-5-6-14-15(7-11)21-9-20-14)18-16(19)8-12-3-2-4-13(12)17/h5-7,10,12-13H,2-4,8-9,17H2,1H3,(H,18,19)/t10?,12-,13+/m0/s1. The Morgan fingerprint density at radius 3 is 2.95 bits per heavy atom. The Balaban J connectivity index is 1.58. The second kappa shape index (κ2) is 5.93. The SMILES string of the molecule is CC(NC(=O)C[C@@H]1CCC[C@H]1N)c1ccc2c(c1)OCO2. The Hall–Kier alpha value is -1.75. The van der Waals surface area contributed by atoms with Gasteiger partial charge in [-0.2, -0.15) is 0 Å². The first-order valence-corrected chi connectivity index (χ1v) is 7.58. The molecule has 21 heavy (non-hydrogen) atoms. The molecule has 3 N–H and O–H groups in total. The van der Waals surface area contributed by atoms with Crippen molar-refractivity contribution in [3.63, 3.8) is 0 Å². The lowest BCUT2D eigenvalue weighted by Crippen LogP contribution is -2.32. The summed E-state index contributed by atoms with van der Waals surface area (Å²) in [6, 6.07) is 5.89. The minimum absolute atomic E-state index is 0.0513. The maximum atomic E-state index is 12.1. The Morgan fingerprint density at radius 2 is 2.19 bits per heavy atom. The maximum absolute atomic E-state index is 12.1. The number of nitrogens with one attached hydrogen (secondary N) is 1. The predicted octanol–water partition coefficient (Wildman–Crippen LogP) is 2.11. The van der Waals surface area contributed by atoms with E-state index in [1.165, 1.54) is 0 Å². The van der Waals surface area contributed by atoms with Gasteiger partial charge in [-0.15, -0.1) is 0 Å². The molecule has 5 nitrogen and oxygen atoms in total. The number of amides is 1. The van der Waals surface area contributed by atoms with E-state index in [1.54, 1.807) is 0 Å². The minimum Gasteiger partial charge on any atom is -0.454 e. The molecule has 1 aliphatic heterocycles. The molecular formula is C16H22N2O3. The zero-order chi connectivity index (χ0) is 14.8. The first-order valence-electron chi connectivity index (χ1n) is 7.58. The smallest absolute Gasteiger partial charge is 0.231 e. The Morgan fingerprint density at radius 1 is 1.38 bits per heavy atom. The van der Waals surface area contributed by atoms with Crippen LogP contribution in [0, 0.1) is 5.92 Å². The van der Waals surface area contributed by atoms with Gasteiger partial charge < -0.3 is 20.5 Å². The third-order valence-corrected chi connectivity index (χ3v) is 4.44. The summed E-state index contributed by atoms with van der Waals surface area (Å²) in [7, 11) is 0. The van der Waals surface area contributed by atoms with E-state index in [-0.39, 0.29) is 24.8 Å². The molecule has 0 saturated heterocycles. The number of rotatable bonds is 4. The van der Waals surface area contributed by atoms with E-state index >= 15 is 0 Å². The van der Waals surface area contributed by atoms with Gasteiger partial charge in [-0.1, -0.05) is 12.5 Å². The second-order valence-electron chi connectivity index (χ2n) is 5.96. The molecule has 1 amide bonds. The third kappa shape index (κ3) is 3.13. The van der Waals surface area contributed by atoms with Gasteiger partial charge in [-0.25, -0.2) is 0 Å². The van der Waals surface area contributed by atoms with Crippen LogP contribution >= 0.6 is 0 Å². The fraction of sp³-hybridized carbons (Fsp3) is 0.562. The largest absolute Gasteiger partial charge is 0.454 e. The highest BCUT2D eigenvalue weighted by Crippen LogP contribution is 2.34. The molecule has 3 rings (SSSR count). The molecule has 1 saturated carbocycles. The van der Waals surface area contributed by atoms with Gasteiger partial charge in [0, 0.05) is 12.5 Å². The van der Waals surface area contributed by atoms with Crippen LogP contribution in [0.5, 0.6) is 11.5 Å². The molecule has 1 heterocycles. The van der Waals surface area contributed by atoms with Crippen molar-refractivity contribution in [1.82, 2.24) is 5.32 Å². The van der Waals surface area contributed by atoms with E-state index < -0.39 is 0 Å². The van der Waals surface area contributed by atoms with Gasteiger partial charge in [-0.3, -0.25) is 4.79 Å². The van der Waals surface area contributed by atoms with Gasteiger partial charge >= 0.3 is 0 Å². The number of hydrogen-bond acceptors (Lipinski definition) is 4. The number of hydrogen-bond donors (Lipinski definition) is 2. The van der Waals surface area contributed by atoms with Gasteiger partial charge in [0.15, 0.2) is 11.5 Å². The fourth-order valence-electron chi connectivity index (χ4n) is 3.12. The second-order valence-corrected chi connectivity index (χ2v) is 5.96. The summed E-state index contributed by atoms with van der Waals surface area (Å²) in [4.78, 5) is 12.1. The van der Waals surface area contributed by atoms with Crippen LogP contribution in [0.1, 0.15) is 44.2 Å². The Labute approximate surface area is 124 Å². The number of benzene rings is 1. The molecule has 114 valence electrons. The molecule has 0 bridgehead atoms. The molecule has 1 aromatic carbocycles. The number of carbonyl (C=O) groups excluding carboxylic acids is 1. The van der Waals surface area contributed by atoms with Gasteiger partial charge in [0.25, 0.3) is 0 Å². The summed E-state index contributed by atoms with van der Waals surface area (Å²) >= 11 is 0. The van der Waals surface area contributed by atoms with Gasteiger partial charge in [-0.05, 0) is 43.4 Å². The molecule has 1 aliphatic carbocycles. The summed E-state index contributed by atoms with van der Waals surface area (Å²) in [5.41, 5.74) is 7.04. The highest BCUT2D eigenvalue weighted by molar-refractivity contribution is 5.76. The van der Waals surface area contributed by atoms with E-state index in [9.17, 15) is 4.79 Å². The third-order valence-electron chi connectivity index (χ3n) is 4.44. The highest BCUT2D eigenvalue weighted by atomic mass is 16.7. The number of carbonyl (C=O) groups is 1. The van der Waals surface area contributed by atoms with Crippen LogP contribution in [-0.4, -0.2) is 18.7 Å². The lowest BCUT2D eigenvalue weighted by Gasteiger charge is -2.18. The molecule has 1 aromatic rings. The Bertz CT molecular complexity index is 532. The summed E-state index contributed by atoms with van der Waals surface area (Å²) in [6.07, 6.45) is 3.76. The lowest BCUT2D eigenvalue weighted by molar-refractivity contribution is -0.122. The van der Waals surface area contributed by atoms with Crippen molar-refractivity contribution in [2.24, 2.45) is 11.7 Å². The molecule has 5 heteroatoms. The quantitative estimate of drug-likeness (QED) is 0.890. The van der Waals surface area contributed by atoms with Crippen LogP contribution < -0.4 is 20.5 Å². The Kier molecular flexibility index (Phi) is 4.01. The van der Waals surface area contributed by atoms with Crippen molar-refractivity contribution in [2.75, 3.05) is 6.79 Å². The first-order chi connectivity index (χ1) is 10.1. The van der Waals surface area contributed by atoms with Gasteiger partial charge in [0.2, 0.25) is 12.7 Å². The normalized spacial score (nSPS) is 24.9. The minimum atomic E-state index is -0.0513.